The number of hydrogen-bond acceptors (Lipinski definition) is 5. The molecule has 0 aliphatic carbocycles. The van der Waals surface area contributed by atoms with E-state index in [1.54, 1.807) is 49.4 Å². The summed E-state index contributed by atoms with van der Waals surface area (Å²) in [7, 11) is -7.62. The molecule has 3 rings (SSSR count). The zero-order valence-electron chi connectivity index (χ0n) is 14.6. The van der Waals surface area contributed by atoms with Gasteiger partial charge in [-0.05, 0) is 30.2 Å². The van der Waals surface area contributed by atoms with E-state index in [9.17, 15) is 21.9 Å². The van der Waals surface area contributed by atoms with E-state index in [1.807, 2.05) is 0 Å². The van der Waals surface area contributed by atoms with E-state index in [2.05, 4.69) is 0 Å². The van der Waals surface area contributed by atoms with Gasteiger partial charge in [-0.1, -0.05) is 48.0 Å². The first-order valence-corrected chi connectivity index (χ1v) is 11.9. The molecule has 2 atom stereocenters. The maximum absolute atomic E-state index is 13.4. The molecule has 0 aromatic heterocycles. The highest BCUT2D eigenvalue weighted by atomic mass is 35.5. The molecule has 0 unspecified atom stereocenters. The van der Waals surface area contributed by atoms with E-state index in [4.69, 9.17) is 11.6 Å². The summed E-state index contributed by atoms with van der Waals surface area (Å²) >= 11 is 5.99. The van der Waals surface area contributed by atoms with Crippen molar-refractivity contribution in [1.29, 1.82) is 0 Å². The van der Waals surface area contributed by atoms with E-state index in [0.29, 0.717) is 11.1 Å². The van der Waals surface area contributed by atoms with E-state index < -0.39 is 43.5 Å². The number of sulfone groups is 1. The number of aliphatic hydroxyl groups is 1. The van der Waals surface area contributed by atoms with Crippen molar-refractivity contribution in [3.63, 3.8) is 0 Å². The summed E-state index contributed by atoms with van der Waals surface area (Å²) in [5.41, 5.74) is 1.19. The normalized spacial score (nSPS) is 22.2. The van der Waals surface area contributed by atoms with Crippen LogP contribution in [0.4, 0.5) is 0 Å². The fraction of sp³-hybridized carbons (Fsp3) is 0.333. The van der Waals surface area contributed by atoms with E-state index >= 15 is 0 Å². The molecule has 6 nitrogen and oxygen atoms in total. The van der Waals surface area contributed by atoms with Gasteiger partial charge in [0.2, 0.25) is 10.0 Å². The lowest BCUT2D eigenvalue weighted by atomic mass is 10.2. The molecule has 1 fully saturated rings. The van der Waals surface area contributed by atoms with Gasteiger partial charge in [-0.3, -0.25) is 0 Å². The van der Waals surface area contributed by atoms with Gasteiger partial charge in [0.25, 0.3) is 0 Å². The number of rotatable bonds is 5. The quantitative estimate of drug-likeness (QED) is 0.784. The molecule has 1 saturated heterocycles. The summed E-state index contributed by atoms with van der Waals surface area (Å²) in [4.78, 5) is 0.00225. The van der Waals surface area contributed by atoms with Crippen LogP contribution in [0.5, 0.6) is 0 Å². The lowest BCUT2D eigenvalue weighted by Gasteiger charge is -2.30. The number of hydrogen-bond donors (Lipinski definition) is 1. The number of aliphatic hydroxyl groups excluding tert-OH is 1. The molecule has 0 amide bonds. The van der Waals surface area contributed by atoms with Crippen LogP contribution in [-0.2, 0) is 26.4 Å². The van der Waals surface area contributed by atoms with Crippen molar-refractivity contribution >= 4 is 31.5 Å². The van der Waals surface area contributed by atoms with Crippen LogP contribution in [0.15, 0.2) is 53.4 Å². The zero-order chi connectivity index (χ0) is 19.8. The van der Waals surface area contributed by atoms with Gasteiger partial charge < -0.3 is 5.11 Å². The summed E-state index contributed by atoms with van der Waals surface area (Å²) in [6.07, 6.45) is -1.28. The summed E-state index contributed by atoms with van der Waals surface area (Å²) < 4.78 is 51.9. The van der Waals surface area contributed by atoms with E-state index in [0.717, 1.165) is 4.31 Å². The molecule has 27 heavy (non-hydrogen) atoms. The lowest BCUT2D eigenvalue weighted by molar-refractivity contribution is 0.125. The molecule has 9 heteroatoms. The van der Waals surface area contributed by atoms with Crippen molar-refractivity contribution in [3.8, 4) is 0 Å². The van der Waals surface area contributed by atoms with Gasteiger partial charge >= 0.3 is 0 Å². The van der Waals surface area contributed by atoms with Crippen LogP contribution in [0.25, 0.3) is 0 Å². The van der Waals surface area contributed by atoms with Crippen LogP contribution in [0.1, 0.15) is 11.1 Å². The second-order valence-electron chi connectivity index (χ2n) is 6.66. The third-order valence-electron chi connectivity index (χ3n) is 4.58. The molecule has 0 radical (unpaired) electrons. The van der Waals surface area contributed by atoms with Crippen molar-refractivity contribution in [2.75, 3.05) is 11.5 Å². The predicted molar refractivity (Wildman–Crippen MR) is 104 cm³/mol. The van der Waals surface area contributed by atoms with Gasteiger partial charge in [0.05, 0.1) is 28.5 Å². The number of nitrogens with zero attached hydrogens (tertiary/aromatic N) is 1. The number of aryl methyl sites for hydroxylation is 1. The summed E-state index contributed by atoms with van der Waals surface area (Å²) in [6, 6.07) is 12.3. The second-order valence-corrected chi connectivity index (χ2v) is 11.1. The fourth-order valence-electron chi connectivity index (χ4n) is 3.21. The summed E-state index contributed by atoms with van der Waals surface area (Å²) in [5.74, 6) is -0.868. The lowest BCUT2D eigenvalue weighted by Crippen LogP contribution is -2.46. The summed E-state index contributed by atoms with van der Waals surface area (Å²) in [5, 5.41) is 10.6. The minimum atomic E-state index is -4.09. The molecule has 1 N–H and O–H groups in total. The maximum atomic E-state index is 13.4. The molecule has 0 spiro atoms. The summed E-state index contributed by atoms with van der Waals surface area (Å²) in [6.45, 7) is 1.60. The monoisotopic (exact) mass is 429 g/mol. The molecule has 0 bridgehead atoms. The molecule has 2 aromatic rings. The molecular weight excluding hydrogens is 410 g/mol. The minimum Gasteiger partial charge on any atom is -0.390 e. The minimum absolute atomic E-state index is 0.00225. The standard InChI is InChI=1S/C18H20ClNO5S2/c1-13-7-8-15(19)9-18(13)27(24,25)20(10-14-5-3-2-4-6-14)16-11-26(22,23)12-17(16)21/h2-9,16-17,21H,10-12H2,1H3/t16-,17-/m1/s1. The van der Waals surface area contributed by atoms with Crippen molar-refractivity contribution < 1.29 is 21.9 Å². The Kier molecular flexibility index (Phi) is 5.65. The highest BCUT2D eigenvalue weighted by Gasteiger charge is 2.45. The van der Waals surface area contributed by atoms with Gasteiger partial charge in [-0.15, -0.1) is 0 Å². The molecule has 0 saturated carbocycles. The number of halogens is 1. The maximum Gasteiger partial charge on any atom is 0.244 e. The van der Waals surface area contributed by atoms with Crippen molar-refractivity contribution in [3.05, 3.63) is 64.7 Å². The molecule has 1 heterocycles. The van der Waals surface area contributed by atoms with Crippen LogP contribution in [-0.4, -0.2) is 49.9 Å². The average Bonchev–Trinajstić information content (AvgIpc) is 2.87. The Labute approximate surface area is 164 Å². The second kappa shape index (κ2) is 7.52. The Morgan fingerprint density at radius 2 is 1.81 bits per heavy atom. The van der Waals surface area contributed by atoms with E-state index in [1.165, 1.54) is 6.07 Å². The first-order valence-electron chi connectivity index (χ1n) is 8.30. The van der Waals surface area contributed by atoms with Crippen molar-refractivity contribution in [1.82, 2.24) is 4.31 Å². The Morgan fingerprint density at radius 1 is 1.15 bits per heavy atom. The molecular formula is C18H20ClNO5S2. The largest absolute Gasteiger partial charge is 0.390 e. The smallest absolute Gasteiger partial charge is 0.244 e. The Morgan fingerprint density at radius 3 is 2.41 bits per heavy atom. The van der Waals surface area contributed by atoms with Crippen LogP contribution in [0, 0.1) is 6.92 Å². The Bertz CT molecular complexity index is 1040. The highest BCUT2D eigenvalue weighted by molar-refractivity contribution is 7.92. The first-order chi connectivity index (χ1) is 12.6. The Balaban J connectivity index is 2.10. The Hall–Kier alpha value is -1.45. The number of benzene rings is 2. The van der Waals surface area contributed by atoms with Gasteiger partial charge in [0.1, 0.15) is 0 Å². The third kappa shape index (κ3) is 4.35. The highest BCUT2D eigenvalue weighted by Crippen LogP contribution is 2.30. The molecule has 1 aliphatic rings. The zero-order valence-corrected chi connectivity index (χ0v) is 17.0. The first kappa shape index (κ1) is 20.3. The SMILES string of the molecule is Cc1ccc(Cl)cc1S(=O)(=O)N(Cc1ccccc1)[C@@H]1CS(=O)(=O)C[C@H]1O. The van der Waals surface area contributed by atoms with Crippen molar-refractivity contribution in [2.24, 2.45) is 0 Å². The van der Waals surface area contributed by atoms with Crippen LogP contribution >= 0.6 is 11.6 Å². The van der Waals surface area contributed by atoms with Gasteiger partial charge in [-0.2, -0.15) is 4.31 Å². The number of sulfonamides is 1. The van der Waals surface area contributed by atoms with Crippen molar-refractivity contribution in [2.45, 2.75) is 30.5 Å². The third-order valence-corrected chi connectivity index (χ3v) is 8.53. The fourth-order valence-corrected chi connectivity index (χ4v) is 7.23. The van der Waals surface area contributed by atoms with Gasteiger partial charge in [-0.25, -0.2) is 16.8 Å². The van der Waals surface area contributed by atoms with Crippen LogP contribution in [0.2, 0.25) is 5.02 Å². The van der Waals surface area contributed by atoms with Gasteiger partial charge in [0, 0.05) is 11.6 Å². The molecule has 1 aliphatic heterocycles. The van der Waals surface area contributed by atoms with Gasteiger partial charge in [0.15, 0.2) is 9.84 Å². The van der Waals surface area contributed by atoms with E-state index in [-0.39, 0.29) is 16.5 Å². The topological polar surface area (TPSA) is 91.8 Å². The predicted octanol–water partition coefficient (Wildman–Crippen LogP) is 2.00. The van der Waals surface area contributed by atoms with Crippen LogP contribution in [0.3, 0.4) is 0 Å². The molecule has 2 aromatic carbocycles. The van der Waals surface area contributed by atoms with Crippen LogP contribution < -0.4 is 0 Å². The average molecular weight is 430 g/mol. The molecule has 146 valence electrons.